The number of hydrogen-bond donors (Lipinski definition) is 1. The topological polar surface area (TPSA) is 15.3 Å². The lowest BCUT2D eigenvalue weighted by Crippen LogP contribution is -2.32. The summed E-state index contributed by atoms with van der Waals surface area (Å²) >= 11 is 0. The molecule has 0 amide bonds. The van der Waals surface area contributed by atoms with Crippen LogP contribution in [0.5, 0.6) is 0 Å². The molecule has 0 aliphatic heterocycles. The smallest absolute Gasteiger partial charge is 0.0332 e. The summed E-state index contributed by atoms with van der Waals surface area (Å²) in [6.45, 7) is 8.04. The Morgan fingerprint density at radius 3 is 2.43 bits per heavy atom. The molecule has 0 saturated heterocycles. The van der Waals surface area contributed by atoms with E-state index < -0.39 is 0 Å². The summed E-state index contributed by atoms with van der Waals surface area (Å²) in [6.07, 6.45) is 7.04. The molecule has 0 radical (unpaired) electrons. The van der Waals surface area contributed by atoms with Crippen molar-refractivity contribution in [1.82, 2.24) is 10.2 Å². The maximum Gasteiger partial charge on any atom is 0.0332 e. The summed E-state index contributed by atoms with van der Waals surface area (Å²) in [5.41, 5.74) is 2.80. The Hall–Kier alpha value is -0.860. The molecular formula is C19H30N2. The Labute approximate surface area is 129 Å². The van der Waals surface area contributed by atoms with Crippen LogP contribution in [0.1, 0.15) is 56.2 Å². The molecule has 3 rings (SSSR count). The van der Waals surface area contributed by atoms with Crippen molar-refractivity contribution in [2.24, 2.45) is 5.92 Å². The van der Waals surface area contributed by atoms with Crippen molar-refractivity contribution < 1.29 is 0 Å². The lowest BCUT2D eigenvalue weighted by Gasteiger charge is -2.26. The van der Waals surface area contributed by atoms with Crippen molar-refractivity contribution in [3.05, 3.63) is 35.4 Å². The number of rotatable bonds is 9. The summed E-state index contributed by atoms with van der Waals surface area (Å²) < 4.78 is 0. The predicted molar refractivity (Wildman–Crippen MR) is 89.5 cm³/mol. The molecule has 0 spiro atoms. The van der Waals surface area contributed by atoms with Crippen molar-refractivity contribution in [1.29, 1.82) is 0 Å². The largest absolute Gasteiger partial charge is 0.310 e. The SMILES string of the molecule is CCNC(CCN(CC1CC1)C1CC1)c1ccc(C)cc1. The predicted octanol–water partition coefficient (Wildman–Crippen LogP) is 3.91. The summed E-state index contributed by atoms with van der Waals surface area (Å²) in [4.78, 5) is 2.77. The molecule has 1 unspecified atom stereocenters. The maximum absolute atomic E-state index is 3.68. The fourth-order valence-electron chi connectivity index (χ4n) is 3.22. The van der Waals surface area contributed by atoms with Gasteiger partial charge in [-0.1, -0.05) is 36.8 Å². The van der Waals surface area contributed by atoms with Gasteiger partial charge >= 0.3 is 0 Å². The van der Waals surface area contributed by atoms with Gasteiger partial charge in [0.05, 0.1) is 0 Å². The Morgan fingerprint density at radius 2 is 1.86 bits per heavy atom. The van der Waals surface area contributed by atoms with E-state index in [2.05, 4.69) is 48.3 Å². The van der Waals surface area contributed by atoms with E-state index in [0.29, 0.717) is 6.04 Å². The Balaban J connectivity index is 1.56. The Bertz CT molecular complexity index is 431. The first-order valence-electron chi connectivity index (χ1n) is 8.80. The number of nitrogens with zero attached hydrogens (tertiary/aromatic N) is 1. The summed E-state index contributed by atoms with van der Waals surface area (Å²) in [5.74, 6) is 1.02. The quantitative estimate of drug-likeness (QED) is 0.740. The zero-order valence-electron chi connectivity index (χ0n) is 13.6. The van der Waals surface area contributed by atoms with Crippen LogP contribution in [0.2, 0.25) is 0 Å². The third-order valence-electron chi connectivity index (χ3n) is 4.89. The average molecular weight is 286 g/mol. The lowest BCUT2D eigenvalue weighted by molar-refractivity contribution is 0.238. The van der Waals surface area contributed by atoms with Gasteiger partial charge in [-0.25, -0.2) is 0 Å². The minimum Gasteiger partial charge on any atom is -0.310 e. The van der Waals surface area contributed by atoms with E-state index in [4.69, 9.17) is 0 Å². The summed E-state index contributed by atoms with van der Waals surface area (Å²) in [7, 11) is 0. The van der Waals surface area contributed by atoms with Gasteiger partial charge in [0, 0.05) is 25.2 Å². The van der Waals surface area contributed by atoms with Gasteiger partial charge in [-0.05, 0) is 57.1 Å². The first-order chi connectivity index (χ1) is 10.3. The minimum atomic E-state index is 0.510. The van der Waals surface area contributed by atoms with Gasteiger partial charge in [0.2, 0.25) is 0 Å². The molecule has 0 bridgehead atoms. The monoisotopic (exact) mass is 286 g/mol. The molecule has 2 aliphatic carbocycles. The summed E-state index contributed by atoms with van der Waals surface area (Å²) in [6, 6.07) is 10.5. The molecule has 21 heavy (non-hydrogen) atoms. The number of benzene rings is 1. The van der Waals surface area contributed by atoms with E-state index in [9.17, 15) is 0 Å². The zero-order valence-corrected chi connectivity index (χ0v) is 13.6. The van der Waals surface area contributed by atoms with Crippen molar-refractivity contribution in [3.63, 3.8) is 0 Å². The molecule has 0 aromatic heterocycles. The first kappa shape index (κ1) is 15.1. The van der Waals surface area contributed by atoms with Crippen LogP contribution in [0.4, 0.5) is 0 Å². The molecule has 116 valence electrons. The van der Waals surface area contributed by atoms with E-state index in [1.165, 1.54) is 56.3 Å². The zero-order chi connectivity index (χ0) is 14.7. The summed E-state index contributed by atoms with van der Waals surface area (Å²) in [5, 5.41) is 3.68. The average Bonchev–Trinajstić information content (AvgIpc) is 3.37. The number of hydrogen-bond acceptors (Lipinski definition) is 2. The van der Waals surface area contributed by atoms with E-state index in [-0.39, 0.29) is 0 Å². The third kappa shape index (κ3) is 4.55. The highest BCUT2D eigenvalue weighted by atomic mass is 15.2. The van der Waals surface area contributed by atoms with Gasteiger partial charge in [0.1, 0.15) is 0 Å². The van der Waals surface area contributed by atoms with E-state index in [1.807, 2.05) is 0 Å². The molecule has 1 aromatic rings. The molecular weight excluding hydrogens is 256 g/mol. The fourth-order valence-corrected chi connectivity index (χ4v) is 3.22. The van der Waals surface area contributed by atoms with Gasteiger partial charge in [0.15, 0.2) is 0 Å². The van der Waals surface area contributed by atoms with Crippen LogP contribution >= 0.6 is 0 Å². The van der Waals surface area contributed by atoms with E-state index in [1.54, 1.807) is 0 Å². The first-order valence-corrected chi connectivity index (χ1v) is 8.80. The molecule has 2 saturated carbocycles. The fraction of sp³-hybridized carbons (Fsp3) is 0.684. The lowest BCUT2D eigenvalue weighted by atomic mass is 10.0. The molecule has 1 aromatic carbocycles. The van der Waals surface area contributed by atoms with Crippen LogP contribution in [-0.2, 0) is 0 Å². The van der Waals surface area contributed by atoms with Crippen LogP contribution in [0.25, 0.3) is 0 Å². The van der Waals surface area contributed by atoms with Crippen molar-refractivity contribution in [2.75, 3.05) is 19.6 Å². The van der Waals surface area contributed by atoms with Crippen LogP contribution in [0.3, 0.4) is 0 Å². The van der Waals surface area contributed by atoms with Gasteiger partial charge in [-0.15, -0.1) is 0 Å². The highest BCUT2D eigenvalue weighted by Gasteiger charge is 2.33. The van der Waals surface area contributed by atoms with E-state index in [0.717, 1.165) is 18.5 Å². The van der Waals surface area contributed by atoms with Crippen molar-refractivity contribution in [3.8, 4) is 0 Å². The van der Waals surface area contributed by atoms with Gasteiger partial charge in [-0.3, -0.25) is 0 Å². The molecule has 2 aliphatic rings. The second kappa shape index (κ2) is 6.93. The van der Waals surface area contributed by atoms with Crippen LogP contribution in [0.15, 0.2) is 24.3 Å². The normalized spacial score (nSPS) is 20.0. The molecule has 2 nitrogen and oxygen atoms in total. The number of nitrogens with one attached hydrogen (secondary N) is 1. The minimum absolute atomic E-state index is 0.510. The van der Waals surface area contributed by atoms with Crippen molar-refractivity contribution in [2.45, 2.75) is 58.0 Å². The number of aryl methyl sites for hydroxylation is 1. The molecule has 1 atom stereocenters. The van der Waals surface area contributed by atoms with Crippen LogP contribution < -0.4 is 5.32 Å². The maximum atomic E-state index is 3.68. The Kier molecular flexibility index (Phi) is 4.97. The molecule has 0 heterocycles. The highest BCUT2D eigenvalue weighted by molar-refractivity contribution is 5.24. The standard InChI is InChI=1S/C19H30N2/c1-3-20-19(17-8-4-15(2)5-9-17)12-13-21(18-10-11-18)14-16-6-7-16/h4-5,8-9,16,18-20H,3,6-7,10-14H2,1-2H3. The van der Waals surface area contributed by atoms with Crippen LogP contribution in [-0.4, -0.2) is 30.6 Å². The van der Waals surface area contributed by atoms with Gasteiger partial charge in [0.25, 0.3) is 0 Å². The van der Waals surface area contributed by atoms with Crippen LogP contribution in [0, 0.1) is 12.8 Å². The Morgan fingerprint density at radius 1 is 1.14 bits per heavy atom. The molecule has 2 fully saturated rings. The third-order valence-corrected chi connectivity index (χ3v) is 4.89. The highest BCUT2D eigenvalue weighted by Crippen LogP contribution is 2.35. The van der Waals surface area contributed by atoms with Gasteiger partial charge in [-0.2, -0.15) is 0 Å². The van der Waals surface area contributed by atoms with E-state index >= 15 is 0 Å². The van der Waals surface area contributed by atoms with Gasteiger partial charge < -0.3 is 10.2 Å². The molecule has 2 heteroatoms. The molecule has 1 N–H and O–H groups in total. The second-order valence-corrected chi connectivity index (χ2v) is 6.98. The van der Waals surface area contributed by atoms with Crippen molar-refractivity contribution >= 4 is 0 Å². The second-order valence-electron chi connectivity index (χ2n) is 6.98.